The Kier molecular flexibility index (Phi) is 6.54. The molecule has 0 aliphatic rings. The van der Waals surface area contributed by atoms with Gasteiger partial charge in [-0.3, -0.25) is 4.79 Å². The number of nitrogens with zero attached hydrogens (tertiary/aromatic N) is 2. The number of carbonyl (C=O) groups is 1. The highest BCUT2D eigenvalue weighted by Crippen LogP contribution is 2.30. The molecule has 3 aromatic rings. The number of aromatic nitrogens is 1. The van der Waals surface area contributed by atoms with Gasteiger partial charge in [0.25, 0.3) is 5.91 Å². The zero-order valence-corrected chi connectivity index (χ0v) is 17.5. The normalized spacial score (nSPS) is 11.7. The zero-order valence-electron chi connectivity index (χ0n) is 15.9. The second kappa shape index (κ2) is 9.08. The lowest BCUT2D eigenvalue weighted by Gasteiger charge is -2.26. The summed E-state index contributed by atoms with van der Waals surface area (Å²) >= 11 is 7.47. The number of hydrogen-bond acceptors (Lipinski definition) is 5. The third-order valence-corrected chi connectivity index (χ3v) is 5.41. The molecule has 146 valence electrons. The van der Waals surface area contributed by atoms with Crippen LogP contribution in [0.2, 0.25) is 5.02 Å². The van der Waals surface area contributed by atoms with Crippen LogP contribution in [0.4, 0.5) is 0 Å². The number of amides is 1. The van der Waals surface area contributed by atoms with E-state index >= 15 is 0 Å². The Labute approximate surface area is 173 Å². The van der Waals surface area contributed by atoms with Crippen LogP contribution >= 0.6 is 22.9 Å². The van der Waals surface area contributed by atoms with Crippen molar-refractivity contribution in [2.24, 2.45) is 0 Å². The molecular formula is C21H21ClN2O3S. The van der Waals surface area contributed by atoms with Crippen molar-refractivity contribution in [3.05, 3.63) is 75.2 Å². The summed E-state index contributed by atoms with van der Waals surface area (Å²) in [5.74, 6) is 0.973. The van der Waals surface area contributed by atoms with Crippen LogP contribution in [-0.2, 0) is 6.61 Å². The van der Waals surface area contributed by atoms with Crippen LogP contribution in [0.3, 0.4) is 0 Å². The van der Waals surface area contributed by atoms with Gasteiger partial charge >= 0.3 is 0 Å². The van der Waals surface area contributed by atoms with E-state index in [-0.39, 0.29) is 11.9 Å². The minimum Gasteiger partial charge on any atom is -0.493 e. The van der Waals surface area contributed by atoms with E-state index in [1.165, 1.54) is 11.3 Å². The molecule has 0 spiro atoms. The molecule has 0 aliphatic heterocycles. The summed E-state index contributed by atoms with van der Waals surface area (Å²) in [4.78, 5) is 18.8. The van der Waals surface area contributed by atoms with E-state index in [9.17, 15) is 4.79 Å². The molecule has 0 saturated carbocycles. The van der Waals surface area contributed by atoms with Gasteiger partial charge in [-0.25, -0.2) is 4.98 Å². The Hall–Kier alpha value is -2.57. The lowest BCUT2D eigenvalue weighted by Crippen LogP contribution is -2.29. The van der Waals surface area contributed by atoms with Gasteiger partial charge in [0.05, 0.1) is 24.4 Å². The molecule has 0 aliphatic carbocycles. The molecule has 1 unspecified atom stereocenters. The van der Waals surface area contributed by atoms with Gasteiger partial charge in [-0.15, -0.1) is 11.3 Å². The molecule has 2 aromatic carbocycles. The fraction of sp³-hybridized carbons (Fsp3) is 0.238. The molecule has 28 heavy (non-hydrogen) atoms. The van der Waals surface area contributed by atoms with Crippen LogP contribution in [0, 0.1) is 0 Å². The molecule has 1 atom stereocenters. The van der Waals surface area contributed by atoms with Gasteiger partial charge in [0, 0.05) is 23.0 Å². The maximum Gasteiger partial charge on any atom is 0.254 e. The molecule has 1 heterocycles. The average Bonchev–Trinajstić information content (AvgIpc) is 3.24. The predicted octanol–water partition coefficient (Wildman–Crippen LogP) is 5.22. The second-order valence-electron chi connectivity index (χ2n) is 6.28. The van der Waals surface area contributed by atoms with Gasteiger partial charge in [-0.1, -0.05) is 23.7 Å². The lowest BCUT2D eigenvalue weighted by atomic mass is 10.1. The predicted molar refractivity (Wildman–Crippen MR) is 111 cm³/mol. The van der Waals surface area contributed by atoms with Crippen molar-refractivity contribution < 1.29 is 14.3 Å². The first-order valence-corrected chi connectivity index (χ1v) is 10.0. The standard InChI is InChI=1S/C21H21ClN2O3S/c1-14(15-4-7-17(22)8-5-15)24(2)21(25)16-6-9-19(20(10-16)26-3)27-11-18-12-28-13-23-18/h4-10,12-14H,11H2,1-3H3. The van der Waals surface area contributed by atoms with E-state index in [1.807, 2.05) is 36.6 Å². The van der Waals surface area contributed by atoms with Crippen LogP contribution in [-0.4, -0.2) is 29.9 Å². The average molecular weight is 417 g/mol. The van der Waals surface area contributed by atoms with E-state index in [1.54, 1.807) is 42.8 Å². The Morgan fingerprint density at radius 3 is 2.61 bits per heavy atom. The third kappa shape index (κ3) is 4.64. The van der Waals surface area contributed by atoms with Crippen molar-refractivity contribution in [2.45, 2.75) is 19.6 Å². The molecule has 0 N–H and O–H groups in total. The van der Waals surface area contributed by atoms with Gasteiger partial charge in [-0.2, -0.15) is 0 Å². The summed E-state index contributed by atoms with van der Waals surface area (Å²) in [5, 5.41) is 2.60. The molecule has 0 saturated heterocycles. The second-order valence-corrected chi connectivity index (χ2v) is 7.43. The van der Waals surface area contributed by atoms with Crippen molar-refractivity contribution in [1.29, 1.82) is 0 Å². The summed E-state index contributed by atoms with van der Waals surface area (Å²) in [5.41, 5.74) is 4.15. The summed E-state index contributed by atoms with van der Waals surface area (Å²) in [6.07, 6.45) is 0. The number of hydrogen-bond donors (Lipinski definition) is 0. The first kappa shape index (κ1) is 20.2. The number of halogens is 1. The smallest absolute Gasteiger partial charge is 0.254 e. The number of thiazole rings is 1. The maximum absolute atomic E-state index is 12.9. The van der Waals surface area contributed by atoms with Crippen molar-refractivity contribution in [3.63, 3.8) is 0 Å². The molecule has 7 heteroatoms. The first-order chi connectivity index (χ1) is 13.5. The van der Waals surface area contributed by atoms with E-state index in [0.717, 1.165) is 11.3 Å². The van der Waals surface area contributed by atoms with Gasteiger partial charge in [0.2, 0.25) is 0 Å². The highest BCUT2D eigenvalue weighted by molar-refractivity contribution is 7.07. The SMILES string of the molecule is COc1cc(C(=O)N(C)C(C)c2ccc(Cl)cc2)ccc1OCc1cscn1. The van der Waals surface area contributed by atoms with Crippen molar-refractivity contribution >= 4 is 28.8 Å². The lowest BCUT2D eigenvalue weighted by molar-refractivity contribution is 0.0742. The Balaban J connectivity index is 1.74. The molecule has 5 nitrogen and oxygen atoms in total. The van der Waals surface area contributed by atoms with Gasteiger partial charge in [0.15, 0.2) is 11.5 Å². The number of methoxy groups -OCH3 is 1. The summed E-state index contributed by atoms with van der Waals surface area (Å²) in [6, 6.07) is 12.6. The van der Waals surface area contributed by atoms with Gasteiger partial charge < -0.3 is 14.4 Å². The van der Waals surface area contributed by atoms with Gasteiger partial charge in [-0.05, 0) is 42.8 Å². The minimum atomic E-state index is -0.105. The monoisotopic (exact) mass is 416 g/mol. The van der Waals surface area contributed by atoms with Crippen LogP contribution < -0.4 is 9.47 Å². The largest absolute Gasteiger partial charge is 0.493 e. The van der Waals surface area contributed by atoms with E-state index in [0.29, 0.717) is 28.7 Å². The Morgan fingerprint density at radius 2 is 1.96 bits per heavy atom. The molecular weight excluding hydrogens is 396 g/mol. The maximum atomic E-state index is 12.9. The van der Waals surface area contributed by atoms with Crippen LogP contribution in [0.1, 0.15) is 34.6 Å². The van der Waals surface area contributed by atoms with E-state index in [4.69, 9.17) is 21.1 Å². The van der Waals surface area contributed by atoms with Crippen LogP contribution in [0.5, 0.6) is 11.5 Å². The molecule has 1 amide bonds. The summed E-state index contributed by atoms with van der Waals surface area (Å²) < 4.78 is 11.2. The summed E-state index contributed by atoms with van der Waals surface area (Å²) in [7, 11) is 3.33. The Bertz CT molecular complexity index is 929. The minimum absolute atomic E-state index is 0.101. The van der Waals surface area contributed by atoms with Crippen molar-refractivity contribution in [1.82, 2.24) is 9.88 Å². The van der Waals surface area contributed by atoms with Crippen LogP contribution in [0.15, 0.2) is 53.4 Å². The first-order valence-electron chi connectivity index (χ1n) is 8.70. The zero-order chi connectivity index (χ0) is 20.1. The number of ether oxygens (including phenoxy) is 2. The Morgan fingerprint density at radius 1 is 1.21 bits per heavy atom. The van der Waals surface area contributed by atoms with Crippen LogP contribution in [0.25, 0.3) is 0 Å². The van der Waals surface area contributed by atoms with Crippen molar-refractivity contribution in [3.8, 4) is 11.5 Å². The topological polar surface area (TPSA) is 51.7 Å². The highest BCUT2D eigenvalue weighted by Gasteiger charge is 2.20. The molecule has 0 fully saturated rings. The van der Waals surface area contributed by atoms with E-state index in [2.05, 4.69) is 4.98 Å². The van der Waals surface area contributed by atoms with Gasteiger partial charge in [0.1, 0.15) is 6.61 Å². The fourth-order valence-electron chi connectivity index (χ4n) is 2.72. The molecule has 0 bridgehead atoms. The third-order valence-electron chi connectivity index (χ3n) is 4.52. The highest BCUT2D eigenvalue weighted by atomic mass is 35.5. The summed E-state index contributed by atoms with van der Waals surface area (Å²) in [6.45, 7) is 2.32. The number of carbonyl (C=O) groups excluding carboxylic acids is 1. The number of benzene rings is 2. The number of rotatable bonds is 7. The molecule has 3 rings (SSSR count). The van der Waals surface area contributed by atoms with E-state index < -0.39 is 0 Å². The fourth-order valence-corrected chi connectivity index (χ4v) is 3.39. The quantitative estimate of drug-likeness (QED) is 0.530. The molecule has 0 radical (unpaired) electrons. The van der Waals surface area contributed by atoms with Crippen molar-refractivity contribution in [2.75, 3.05) is 14.2 Å². The molecule has 1 aromatic heterocycles.